The second-order valence-electron chi connectivity index (χ2n) is 13.6. The van der Waals surface area contributed by atoms with Crippen LogP contribution in [0.2, 0.25) is 0 Å². The van der Waals surface area contributed by atoms with E-state index in [-0.39, 0.29) is 0 Å². The molecule has 0 saturated heterocycles. The van der Waals surface area contributed by atoms with Crippen molar-refractivity contribution in [3.8, 4) is 45.3 Å². The van der Waals surface area contributed by atoms with Crippen LogP contribution in [0, 0.1) is 0 Å². The van der Waals surface area contributed by atoms with E-state index in [2.05, 4.69) is 164 Å². The molecule has 0 fully saturated rings. The fourth-order valence-electron chi connectivity index (χ4n) is 7.82. The summed E-state index contributed by atoms with van der Waals surface area (Å²) in [6, 6.07) is 61.8. The summed E-state index contributed by atoms with van der Waals surface area (Å²) in [6.07, 6.45) is 0. The van der Waals surface area contributed by atoms with E-state index >= 15 is 0 Å². The minimum Gasteiger partial charge on any atom is -0.456 e. The summed E-state index contributed by atoms with van der Waals surface area (Å²) in [5.41, 5.74) is 6.82. The SMILES string of the molecule is c1ccc(-c2cc(-c3nc(-c4ccc5cc6c(cc5c4)oc4ccccc46)nc(-c4ccc5c(ccc6ccccc65)c4)n3)cc3ccccc23)cc1. The summed E-state index contributed by atoms with van der Waals surface area (Å²) in [6.45, 7) is 0. The Morgan fingerprint density at radius 1 is 0.283 bits per heavy atom. The van der Waals surface area contributed by atoms with E-state index in [4.69, 9.17) is 19.4 Å². The van der Waals surface area contributed by atoms with Crippen LogP contribution in [0.4, 0.5) is 0 Å². The summed E-state index contributed by atoms with van der Waals surface area (Å²) in [5, 5.41) is 11.5. The maximum atomic E-state index is 6.26. The average molecular weight is 676 g/mol. The Hall–Kier alpha value is -7.17. The van der Waals surface area contributed by atoms with Gasteiger partial charge in [-0.2, -0.15) is 0 Å². The number of para-hydroxylation sites is 1. The lowest BCUT2D eigenvalue weighted by Gasteiger charge is -2.13. The summed E-state index contributed by atoms with van der Waals surface area (Å²) in [4.78, 5) is 15.6. The number of nitrogens with zero attached hydrogens (tertiary/aromatic N) is 3. The molecule has 11 aromatic rings. The number of aromatic nitrogens is 3. The van der Waals surface area contributed by atoms with Crippen LogP contribution < -0.4 is 0 Å². The molecule has 4 nitrogen and oxygen atoms in total. The van der Waals surface area contributed by atoms with Crippen LogP contribution in [0.15, 0.2) is 180 Å². The molecule has 0 aliphatic carbocycles. The van der Waals surface area contributed by atoms with Crippen molar-refractivity contribution in [1.82, 2.24) is 15.0 Å². The van der Waals surface area contributed by atoms with Crippen molar-refractivity contribution in [2.24, 2.45) is 0 Å². The Balaban J connectivity index is 1.13. The largest absolute Gasteiger partial charge is 0.456 e. The number of fused-ring (bicyclic) bond motifs is 8. The zero-order valence-electron chi connectivity index (χ0n) is 28.5. The number of benzene rings is 9. The van der Waals surface area contributed by atoms with Gasteiger partial charge in [0.05, 0.1) is 0 Å². The zero-order chi connectivity index (χ0) is 34.9. The Labute approximate surface area is 304 Å². The summed E-state index contributed by atoms with van der Waals surface area (Å²) < 4.78 is 6.26. The minimum absolute atomic E-state index is 0.615. The van der Waals surface area contributed by atoms with Crippen molar-refractivity contribution in [3.05, 3.63) is 176 Å². The van der Waals surface area contributed by atoms with E-state index in [1.807, 2.05) is 12.1 Å². The highest BCUT2D eigenvalue weighted by Gasteiger charge is 2.17. The topological polar surface area (TPSA) is 51.8 Å². The fourth-order valence-corrected chi connectivity index (χ4v) is 7.82. The Kier molecular flexibility index (Phi) is 6.52. The second kappa shape index (κ2) is 11.7. The van der Waals surface area contributed by atoms with Crippen LogP contribution >= 0.6 is 0 Å². The highest BCUT2D eigenvalue weighted by molar-refractivity contribution is 6.11. The quantitative estimate of drug-likeness (QED) is 0.174. The fraction of sp³-hybridized carbons (Fsp3) is 0. The summed E-state index contributed by atoms with van der Waals surface area (Å²) >= 11 is 0. The highest BCUT2D eigenvalue weighted by atomic mass is 16.3. The molecule has 11 rings (SSSR count). The molecule has 0 amide bonds. The van der Waals surface area contributed by atoms with Crippen LogP contribution in [0.1, 0.15) is 0 Å². The molecule has 0 atom stereocenters. The van der Waals surface area contributed by atoms with Crippen molar-refractivity contribution in [2.75, 3.05) is 0 Å². The van der Waals surface area contributed by atoms with Gasteiger partial charge in [-0.25, -0.2) is 15.0 Å². The molecule has 0 radical (unpaired) electrons. The highest BCUT2D eigenvalue weighted by Crippen LogP contribution is 2.37. The van der Waals surface area contributed by atoms with Gasteiger partial charge in [0.1, 0.15) is 11.2 Å². The predicted molar refractivity (Wildman–Crippen MR) is 219 cm³/mol. The van der Waals surface area contributed by atoms with E-state index in [1.54, 1.807) is 0 Å². The van der Waals surface area contributed by atoms with Gasteiger partial charge in [-0.15, -0.1) is 0 Å². The normalized spacial score (nSPS) is 11.8. The number of hydrogen-bond acceptors (Lipinski definition) is 4. The lowest BCUT2D eigenvalue weighted by atomic mass is 9.95. The van der Waals surface area contributed by atoms with Crippen molar-refractivity contribution in [2.45, 2.75) is 0 Å². The Morgan fingerprint density at radius 2 is 0.849 bits per heavy atom. The molecular formula is C49H29N3O. The van der Waals surface area contributed by atoms with Gasteiger partial charge in [0.2, 0.25) is 0 Å². The van der Waals surface area contributed by atoms with Gasteiger partial charge in [-0.1, -0.05) is 133 Å². The third-order valence-corrected chi connectivity index (χ3v) is 10.4. The molecule has 0 unspecified atom stereocenters. The van der Waals surface area contributed by atoms with Crippen molar-refractivity contribution >= 4 is 65.0 Å². The molecule has 4 heteroatoms. The summed E-state index contributed by atoms with van der Waals surface area (Å²) in [7, 11) is 0. The number of furan rings is 1. The second-order valence-corrected chi connectivity index (χ2v) is 13.6. The molecule has 2 heterocycles. The van der Waals surface area contributed by atoms with Gasteiger partial charge in [0.25, 0.3) is 0 Å². The summed E-state index contributed by atoms with van der Waals surface area (Å²) in [5.74, 6) is 1.87. The average Bonchev–Trinajstić information content (AvgIpc) is 3.59. The minimum atomic E-state index is 0.615. The van der Waals surface area contributed by atoms with Crippen LogP contribution in [0.3, 0.4) is 0 Å². The van der Waals surface area contributed by atoms with Crippen LogP contribution in [-0.2, 0) is 0 Å². The molecule has 0 bridgehead atoms. The molecule has 0 N–H and O–H groups in total. The van der Waals surface area contributed by atoms with Gasteiger partial charge in [0.15, 0.2) is 17.5 Å². The first kappa shape index (κ1) is 29.5. The molecule has 53 heavy (non-hydrogen) atoms. The van der Waals surface area contributed by atoms with E-state index < -0.39 is 0 Å². The van der Waals surface area contributed by atoms with Crippen LogP contribution in [-0.4, -0.2) is 15.0 Å². The third-order valence-electron chi connectivity index (χ3n) is 10.4. The van der Waals surface area contributed by atoms with Crippen molar-refractivity contribution in [3.63, 3.8) is 0 Å². The maximum Gasteiger partial charge on any atom is 0.164 e. The van der Waals surface area contributed by atoms with Gasteiger partial charge < -0.3 is 4.42 Å². The molecule has 0 spiro atoms. The van der Waals surface area contributed by atoms with E-state index in [0.717, 1.165) is 71.3 Å². The molecule has 0 saturated carbocycles. The smallest absolute Gasteiger partial charge is 0.164 e. The lowest BCUT2D eigenvalue weighted by molar-refractivity contribution is 0.669. The monoisotopic (exact) mass is 675 g/mol. The van der Waals surface area contributed by atoms with Crippen LogP contribution in [0.25, 0.3) is 110 Å². The zero-order valence-corrected chi connectivity index (χ0v) is 28.5. The Morgan fingerprint density at radius 3 is 1.68 bits per heavy atom. The standard InChI is InChI=1S/C49H29N3O/c1-2-10-30(11-3-1)43-28-38(25-33-13-5-7-15-40(33)43)49-51-47(35-21-19-32-27-44-42-16-8-9-17-45(42)53-46(44)29-37(32)26-35)50-48(52-49)36-22-23-41-34(24-36)20-18-31-12-4-6-14-39(31)41/h1-29H. The third kappa shape index (κ3) is 4.95. The first-order chi connectivity index (χ1) is 26.2. The van der Waals surface area contributed by atoms with Crippen molar-refractivity contribution < 1.29 is 4.42 Å². The van der Waals surface area contributed by atoms with E-state index in [1.165, 1.54) is 21.5 Å². The van der Waals surface area contributed by atoms with Gasteiger partial charge in [-0.3, -0.25) is 0 Å². The lowest BCUT2D eigenvalue weighted by Crippen LogP contribution is -2.00. The predicted octanol–water partition coefficient (Wildman–Crippen LogP) is 13.1. The number of hydrogen-bond donors (Lipinski definition) is 0. The Bertz CT molecular complexity index is 3240. The maximum absolute atomic E-state index is 6.26. The molecule has 0 aliphatic rings. The first-order valence-electron chi connectivity index (χ1n) is 17.8. The molecule has 9 aromatic carbocycles. The molecule has 246 valence electrons. The van der Waals surface area contributed by atoms with Crippen LogP contribution in [0.5, 0.6) is 0 Å². The molecule has 2 aromatic heterocycles. The molecule has 0 aliphatic heterocycles. The molecular weight excluding hydrogens is 647 g/mol. The van der Waals surface area contributed by atoms with E-state index in [9.17, 15) is 0 Å². The van der Waals surface area contributed by atoms with Gasteiger partial charge in [-0.05, 0) is 96.7 Å². The first-order valence-corrected chi connectivity index (χ1v) is 17.8. The number of rotatable bonds is 4. The van der Waals surface area contributed by atoms with Gasteiger partial charge >= 0.3 is 0 Å². The van der Waals surface area contributed by atoms with Crippen molar-refractivity contribution in [1.29, 1.82) is 0 Å². The van der Waals surface area contributed by atoms with Gasteiger partial charge in [0, 0.05) is 27.5 Å². The van der Waals surface area contributed by atoms with E-state index in [0.29, 0.717) is 17.5 Å².